The third-order valence-corrected chi connectivity index (χ3v) is 3.74. The maximum absolute atomic E-state index is 12.1. The zero-order valence-electron chi connectivity index (χ0n) is 9.58. The molecule has 1 unspecified atom stereocenters. The van der Waals surface area contributed by atoms with Gasteiger partial charge in [0.1, 0.15) is 6.10 Å². The van der Waals surface area contributed by atoms with Crippen molar-refractivity contribution in [3.8, 4) is 0 Å². The van der Waals surface area contributed by atoms with E-state index in [1.807, 2.05) is 0 Å². The van der Waals surface area contributed by atoms with Gasteiger partial charge < -0.3 is 4.74 Å². The Morgan fingerprint density at radius 3 is 2.47 bits per heavy atom. The van der Waals surface area contributed by atoms with Crippen LogP contribution in [0.25, 0.3) is 0 Å². The number of rotatable bonds is 5. The number of ether oxygens (including phenoxy) is 1. The summed E-state index contributed by atoms with van der Waals surface area (Å²) in [6, 6.07) is 5.26. The molecular weight excluding hydrogens is 259 g/mol. The normalized spacial score (nSPS) is 16.9. The molecule has 0 aromatic heterocycles. The summed E-state index contributed by atoms with van der Waals surface area (Å²) in [5, 5.41) is 1.08. The first kappa shape index (κ1) is 12.9. The van der Waals surface area contributed by atoms with Crippen molar-refractivity contribution in [1.82, 2.24) is 0 Å². The van der Waals surface area contributed by atoms with Crippen molar-refractivity contribution in [1.29, 1.82) is 0 Å². The number of carbonyl (C=O) groups is 1. The van der Waals surface area contributed by atoms with Crippen LogP contribution in [0.5, 0.6) is 0 Å². The highest BCUT2D eigenvalue weighted by molar-refractivity contribution is 6.36. The summed E-state index contributed by atoms with van der Waals surface area (Å²) < 4.78 is 5.25. The topological polar surface area (TPSA) is 26.3 Å². The molecule has 1 fully saturated rings. The number of benzene rings is 1. The van der Waals surface area contributed by atoms with E-state index >= 15 is 0 Å². The number of hydrogen-bond acceptors (Lipinski definition) is 2. The minimum Gasteiger partial charge on any atom is -0.373 e. The van der Waals surface area contributed by atoms with E-state index in [-0.39, 0.29) is 18.3 Å². The first-order chi connectivity index (χ1) is 8.13. The van der Waals surface area contributed by atoms with E-state index < -0.39 is 0 Å². The van der Waals surface area contributed by atoms with Gasteiger partial charge >= 0.3 is 0 Å². The van der Waals surface area contributed by atoms with Crippen LogP contribution < -0.4 is 0 Å². The molecule has 1 aliphatic carbocycles. The summed E-state index contributed by atoms with van der Waals surface area (Å²) >= 11 is 12.1. The Hall–Kier alpha value is -0.570. The predicted octanol–water partition coefficient (Wildman–Crippen LogP) is 3.53. The van der Waals surface area contributed by atoms with Gasteiger partial charge in [-0.1, -0.05) is 29.3 Å². The number of Topliss-reactive ketones (excluding diaryl/α,β-unsaturated/α-hetero) is 1. The molecule has 0 spiro atoms. The van der Waals surface area contributed by atoms with Gasteiger partial charge in [0, 0.05) is 23.6 Å². The molecule has 1 saturated carbocycles. The van der Waals surface area contributed by atoms with Gasteiger partial charge in [0.15, 0.2) is 5.78 Å². The van der Waals surface area contributed by atoms with Gasteiger partial charge in [-0.2, -0.15) is 0 Å². The third kappa shape index (κ3) is 3.01. The fraction of sp³-hybridized carbons (Fsp3) is 0.462. The lowest BCUT2D eigenvalue weighted by atomic mass is 10.0. The van der Waals surface area contributed by atoms with Crippen LogP contribution in [0.1, 0.15) is 18.4 Å². The molecule has 0 bridgehead atoms. The lowest BCUT2D eigenvalue weighted by molar-refractivity contribution is -0.129. The first-order valence-electron chi connectivity index (χ1n) is 5.62. The van der Waals surface area contributed by atoms with Crippen LogP contribution >= 0.6 is 23.2 Å². The highest BCUT2D eigenvalue weighted by Crippen LogP contribution is 2.35. The molecule has 0 saturated heterocycles. The monoisotopic (exact) mass is 272 g/mol. The van der Waals surface area contributed by atoms with Crippen LogP contribution in [0.4, 0.5) is 0 Å². The SMILES string of the molecule is COC(C(=O)Cc1c(Cl)cccc1Cl)C1CC1. The standard InChI is InChI=1S/C13H14Cl2O2/c1-17-13(8-5-6-8)12(16)7-9-10(14)3-2-4-11(9)15/h2-4,8,13H,5-7H2,1H3. The van der Waals surface area contributed by atoms with Gasteiger partial charge in [-0.15, -0.1) is 0 Å². The van der Waals surface area contributed by atoms with Gasteiger partial charge in [-0.25, -0.2) is 0 Å². The van der Waals surface area contributed by atoms with E-state index in [0.717, 1.165) is 12.8 Å². The maximum atomic E-state index is 12.1. The number of hydrogen-bond donors (Lipinski definition) is 0. The molecule has 0 radical (unpaired) electrons. The molecule has 2 rings (SSSR count). The Balaban J connectivity index is 2.12. The van der Waals surface area contributed by atoms with Gasteiger partial charge in [0.05, 0.1) is 0 Å². The van der Waals surface area contributed by atoms with E-state index in [1.54, 1.807) is 25.3 Å². The molecule has 0 N–H and O–H groups in total. The molecule has 92 valence electrons. The van der Waals surface area contributed by atoms with Crippen LogP contribution in [0.15, 0.2) is 18.2 Å². The second kappa shape index (κ2) is 5.38. The summed E-state index contributed by atoms with van der Waals surface area (Å²) in [4.78, 5) is 12.1. The van der Waals surface area contributed by atoms with Crippen molar-refractivity contribution in [3.05, 3.63) is 33.8 Å². The second-order valence-electron chi connectivity index (χ2n) is 4.34. The van der Waals surface area contributed by atoms with E-state index in [4.69, 9.17) is 27.9 Å². The summed E-state index contributed by atoms with van der Waals surface area (Å²) in [7, 11) is 1.58. The first-order valence-corrected chi connectivity index (χ1v) is 6.37. The Kier molecular flexibility index (Phi) is 4.08. The largest absolute Gasteiger partial charge is 0.373 e. The zero-order chi connectivity index (χ0) is 12.4. The Bertz CT molecular complexity index is 407. The molecule has 1 aliphatic rings. The number of ketones is 1. The van der Waals surface area contributed by atoms with Gasteiger partial charge in [-0.05, 0) is 36.5 Å². The lowest BCUT2D eigenvalue weighted by Gasteiger charge is -2.14. The maximum Gasteiger partial charge on any atom is 0.166 e. The third-order valence-electron chi connectivity index (χ3n) is 3.03. The van der Waals surface area contributed by atoms with Crippen LogP contribution in [-0.4, -0.2) is 19.0 Å². The van der Waals surface area contributed by atoms with Crippen LogP contribution in [0.2, 0.25) is 10.0 Å². The average molecular weight is 273 g/mol. The fourth-order valence-electron chi connectivity index (χ4n) is 1.96. The smallest absolute Gasteiger partial charge is 0.166 e. The number of halogens is 2. The summed E-state index contributed by atoms with van der Waals surface area (Å²) in [5.41, 5.74) is 0.698. The zero-order valence-corrected chi connectivity index (χ0v) is 11.1. The van der Waals surface area contributed by atoms with Crippen molar-refractivity contribution in [2.45, 2.75) is 25.4 Å². The van der Waals surface area contributed by atoms with Crippen molar-refractivity contribution in [2.24, 2.45) is 5.92 Å². The van der Waals surface area contributed by atoms with Crippen molar-refractivity contribution in [2.75, 3.05) is 7.11 Å². The molecule has 1 aromatic carbocycles. The van der Waals surface area contributed by atoms with Crippen LogP contribution in [-0.2, 0) is 16.0 Å². The van der Waals surface area contributed by atoms with Gasteiger partial charge in [0.25, 0.3) is 0 Å². The highest BCUT2D eigenvalue weighted by atomic mass is 35.5. The van der Waals surface area contributed by atoms with Gasteiger partial charge in [-0.3, -0.25) is 4.79 Å². The lowest BCUT2D eigenvalue weighted by Crippen LogP contribution is -2.27. The molecule has 2 nitrogen and oxygen atoms in total. The minimum atomic E-state index is -0.303. The summed E-state index contributed by atoms with van der Waals surface area (Å²) in [6.45, 7) is 0. The average Bonchev–Trinajstić information content (AvgIpc) is 3.09. The number of methoxy groups -OCH3 is 1. The van der Waals surface area contributed by atoms with Crippen molar-refractivity contribution < 1.29 is 9.53 Å². The number of carbonyl (C=O) groups excluding carboxylic acids is 1. The molecule has 1 atom stereocenters. The summed E-state index contributed by atoms with van der Waals surface area (Å²) in [5.74, 6) is 0.443. The fourth-order valence-corrected chi connectivity index (χ4v) is 2.49. The Morgan fingerprint density at radius 2 is 2.00 bits per heavy atom. The molecule has 0 amide bonds. The molecule has 4 heteroatoms. The predicted molar refractivity (Wildman–Crippen MR) is 68.7 cm³/mol. The van der Waals surface area contributed by atoms with E-state index in [1.165, 1.54) is 0 Å². The molecule has 0 aliphatic heterocycles. The Morgan fingerprint density at radius 1 is 1.41 bits per heavy atom. The van der Waals surface area contributed by atoms with Crippen LogP contribution in [0.3, 0.4) is 0 Å². The van der Waals surface area contributed by atoms with Crippen LogP contribution in [0, 0.1) is 5.92 Å². The Labute approximate surface area is 111 Å². The second-order valence-corrected chi connectivity index (χ2v) is 5.15. The molecular formula is C13H14Cl2O2. The van der Waals surface area contributed by atoms with E-state index in [2.05, 4.69) is 0 Å². The van der Waals surface area contributed by atoms with E-state index in [9.17, 15) is 4.79 Å². The van der Waals surface area contributed by atoms with E-state index in [0.29, 0.717) is 21.5 Å². The summed E-state index contributed by atoms with van der Waals surface area (Å²) in [6.07, 6.45) is 2.08. The molecule has 17 heavy (non-hydrogen) atoms. The highest BCUT2D eigenvalue weighted by Gasteiger charge is 2.36. The van der Waals surface area contributed by atoms with Gasteiger partial charge in [0.2, 0.25) is 0 Å². The molecule has 1 aromatic rings. The minimum absolute atomic E-state index is 0.0602. The van der Waals surface area contributed by atoms with Crippen molar-refractivity contribution >= 4 is 29.0 Å². The molecule has 0 heterocycles. The quantitative estimate of drug-likeness (QED) is 0.820. The van der Waals surface area contributed by atoms with Crippen molar-refractivity contribution in [3.63, 3.8) is 0 Å².